The van der Waals surface area contributed by atoms with Crippen LogP contribution >= 0.6 is 0 Å². The summed E-state index contributed by atoms with van der Waals surface area (Å²) in [6, 6.07) is 15.5. The van der Waals surface area contributed by atoms with E-state index in [1.807, 2.05) is 36.4 Å². The topological polar surface area (TPSA) is 61.4 Å². The average molecular weight is 392 g/mol. The van der Waals surface area contributed by atoms with Crippen molar-refractivity contribution in [2.24, 2.45) is 0 Å². The highest BCUT2D eigenvalue weighted by molar-refractivity contribution is 5.98. The number of likely N-dealkylation sites (tertiary alicyclic amines) is 1. The standard InChI is InChI=1S/C24H29N3O2/c1-16(2)17-9-11-20(12-10-17)26-23(28)22-8-5-13-27(22)24(29)21-14-18-6-3-4-7-19(18)15-25-21/h3-4,6-7,9-12,16,21-22,25H,5,8,13-15H2,1-2H3,(H,26,28)/t21-,22+/m1/s1. The van der Waals surface area contributed by atoms with Gasteiger partial charge in [-0.2, -0.15) is 0 Å². The van der Waals surface area contributed by atoms with E-state index in [2.05, 4.69) is 36.6 Å². The zero-order chi connectivity index (χ0) is 20.4. The van der Waals surface area contributed by atoms with Gasteiger partial charge in [-0.1, -0.05) is 50.2 Å². The van der Waals surface area contributed by atoms with Gasteiger partial charge in [0.2, 0.25) is 11.8 Å². The fourth-order valence-corrected chi connectivity index (χ4v) is 4.31. The van der Waals surface area contributed by atoms with E-state index in [0.717, 1.165) is 12.1 Å². The quantitative estimate of drug-likeness (QED) is 0.839. The largest absolute Gasteiger partial charge is 0.329 e. The summed E-state index contributed by atoms with van der Waals surface area (Å²) in [6.07, 6.45) is 2.25. The Balaban J connectivity index is 1.42. The Morgan fingerprint density at radius 1 is 1.07 bits per heavy atom. The van der Waals surface area contributed by atoms with Crippen molar-refractivity contribution in [1.29, 1.82) is 0 Å². The SMILES string of the molecule is CC(C)c1ccc(NC(=O)[C@@H]2CCCN2C(=O)[C@H]2Cc3ccccc3CN2)cc1. The van der Waals surface area contributed by atoms with Crippen molar-refractivity contribution in [1.82, 2.24) is 10.2 Å². The zero-order valence-corrected chi connectivity index (χ0v) is 17.2. The van der Waals surface area contributed by atoms with Crippen LogP contribution in [-0.4, -0.2) is 35.3 Å². The third-order valence-electron chi connectivity index (χ3n) is 6.06. The van der Waals surface area contributed by atoms with Gasteiger partial charge in [-0.15, -0.1) is 0 Å². The number of fused-ring (bicyclic) bond motifs is 1. The van der Waals surface area contributed by atoms with Crippen LogP contribution in [0.5, 0.6) is 0 Å². The molecule has 0 aromatic heterocycles. The van der Waals surface area contributed by atoms with E-state index >= 15 is 0 Å². The maximum absolute atomic E-state index is 13.2. The van der Waals surface area contributed by atoms with Gasteiger partial charge in [-0.05, 0) is 54.0 Å². The minimum absolute atomic E-state index is 0.0345. The first kappa shape index (κ1) is 19.6. The van der Waals surface area contributed by atoms with Crippen LogP contribution < -0.4 is 10.6 Å². The van der Waals surface area contributed by atoms with Crippen LogP contribution in [0, 0.1) is 0 Å². The van der Waals surface area contributed by atoms with E-state index in [1.165, 1.54) is 16.7 Å². The number of hydrogen-bond donors (Lipinski definition) is 2. The third-order valence-corrected chi connectivity index (χ3v) is 6.06. The fraction of sp³-hybridized carbons (Fsp3) is 0.417. The average Bonchev–Trinajstić information content (AvgIpc) is 3.23. The monoisotopic (exact) mass is 391 g/mol. The van der Waals surface area contributed by atoms with Gasteiger partial charge in [0.1, 0.15) is 6.04 Å². The van der Waals surface area contributed by atoms with Crippen LogP contribution in [0.2, 0.25) is 0 Å². The lowest BCUT2D eigenvalue weighted by atomic mass is 9.95. The number of rotatable bonds is 4. The summed E-state index contributed by atoms with van der Waals surface area (Å²) >= 11 is 0. The van der Waals surface area contributed by atoms with Crippen LogP contribution in [-0.2, 0) is 22.6 Å². The van der Waals surface area contributed by atoms with Gasteiger partial charge in [0, 0.05) is 18.8 Å². The summed E-state index contributed by atoms with van der Waals surface area (Å²) in [7, 11) is 0. The van der Waals surface area contributed by atoms with E-state index in [1.54, 1.807) is 4.90 Å². The normalized spacial score (nSPS) is 21.1. The van der Waals surface area contributed by atoms with Crippen LogP contribution in [0.15, 0.2) is 48.5 Å². The first-order valence-electron chi connectivity index (χ1n) is 10.5. The van der Waals surface area contributed by atoms with Gasteiger partial charge >= 0.3 is 0 Å². The summed E-state index contributed by atoms with van der Waals surface area (Å²) in [6.45, 7) is 5.63. The van der Waals surface area contributed by atoms with Gasteiger partial charge < -0.3 is 15.5 Å². The molecule has 2 aromatic rings. The van der Waals surface area contributed by atoms with Crippen molar-refractivity contribution in [3.8, 4) is 0 Å². The van der Waals surface area contributed by atoms with E-state index in [9.17, 15) is 9.59 Å². The molecule has 2 heterocycles. The highest BCUT2D eigenvalue weighted by atomic mass is 16.2. The predicted molar refractivity (Wildman–Crippen MR) is 115 cm³/mol. The number of anilines is 1. The maximum Gasteiger partial charge on any atom is 0.247 e. The molecule has 2 atom stereocenters. The lowest BCUT2D eigenvalue weighted by Crippen LogP contribution is -2.53. The summed E-state index contributed by atoms with van der Waals surface area (Å²) in [5.74, 6) is 0.396. The molecule has 4 rings (SSSR count). The van der Waals surface area contributed by atoms with Crippen molar-refractivity contribution >= 4 is 17.5 Å². The van der Waals surface area contributed by atoms with Crippen molar-refractivity contribution < 1.29 is 9.59 Å². The molecule has 5 nitrogen and oxygen atoms in total. The Kier molecular flexibility index (Phi) is 5.67. The smallest absolute Gasteiger partial charge is 0.247 e. The van der Waals surface area contributed by atoms with Crippen molar-refractivity contribution in [2.75, 3.05) is 11.9 Å². The number of carbonyl (C=O) groups excluding carboxylic acids is 2. The van der Waals surface area contributed by atoms with Crippen LogP contribution in [0.1, 0.15) is 49.3 Å². The van der Waals surface area contributed by atoms with Gasteiger partial charge in [0.25, 0.3) is 0 Å². The molecule has 0 aliphatic carbocycles. The van der Waals surface area contributed by atoms with E-state index < -0.39 is 6.04 Å². The Labute approximate surface area is 172 Å². The first-order valence-corrected chi connectivity index (χ1v) is 10.5. The molecule has 0 bridgehead atoms. The molecule has 152 valence electrons. The molecule has 2 aliphatic rings. The molecule has 5 heteroatoms. The molecule has 2 aromatic carbocycles. The summed E-state index contributed by atoms with van der Waals surface area (Å²) in [5, 5.41) is 6.36. The minimum Gasteiger partial charge on any atom is -0.329 e. The second-order valence-electron chi connectivity index (χ2n) is 8.36. The third kappa shape index (κ3) is 4.20. The van der Waals surface area contributed by atoms with Gasteiger partial charge in [-0.25, -0.2) is 0 Å². The summed E-state index contributed by atoms with van der Waals surface area (Å²) in [5.41, 5.74) is 4.49. The molecule has 29 heavy (non-hydrogen) atoms. The van der Waals surface area contributed by atoms with Gasteiger partial charge in [-0.3, -0.25) is 9.59 Å². The Morgan fingerprint density at radius 3 is 2.52 bits per heavy atom. The van der Waals surface area contributed by atoms with Gasteiger partial charge in [0.15, 0.2) is 0 Å². The molecular formula is C24H29N3O2. The maximum atomic E-state index is 13.2. The van der Waals surface area contributed by atoms with Crippen LogP contribution in [0.25, 0.3) is 0 Å². The second-order valence-corrected chi connectivity index (χ2v) is 8.36. The van der Waals surface area contributed by atoms with Crippen molar-refractivity contribution in [3.63, 3.8) is 0 Å². The molecule has 2 N–H and O–H groups in total. The summed E-state index contributed by atoms with van der Waals surface area (Å²) in [4.78, 5) is 27.9. The second kappa shape index (κ2) is 8.37. The van der Waals surface area contributed by atoms with E-state index in [0.29, 0.717) is 31.8 Å². The van der Waals surface area contributed by atoms with E-state index in [4.69, 9.17) is 0 Å². The minimum atomic E-state index is -0.397. The van der Waals surface area contributed by atoms with Crippen LogP contribution in [0.4, 0.5) is 5.69 Å². The molecule has 1 saturated heterocycles. The fourth-order valence-electron chi connectivity index (χ4n) is 4.31. The predicted octanol–water partition coefficient (Wildman–Crippen LogP) is 3.45. The molecule has 2 amide bonds. The number of hydrogen-bond acceptors (Lipinski definition) is 3. The zero-order valence-electron chi connectivity index (χ0n) is 17.2. The number of nitrogens with one attached hydrogen (secondary N) is 2. The van der Waals surface area contributed by atoms with Crippen LogP contribution in [0.3, 0.4) is 0 Å². The number of carbonyl (C=O) groups is 2. The lowest BCUT2D eigenvalue weighted by molar-refractivity contribution is -0.138. The molecular weight excluding hydrogens is 362 g/mol. The Bertz CT molecular complexity index is 891. The highest BCUT2D eigenvalue weighted by Crippen LogP contribution is 2.24. The molecule has 0 spiro atoms. The van der Waals surface area contributed by atoms with E-state index in [-0.39, 0.29) is 17.9 Å². The summed E-state index contributed by atoms with van der Waals surface area (Å²) < 4.78 is 0. The molecule has 0 radical (unpaired) electrons. The Hall–Kier alpha value is -2.66. The van der Waals surface area contributed by atoms with Crippen molar-refractivity contribution in [3.05, 3.63) is 65.2 Å². The number of amides is 2. The van der Waals surface area contributed by atoms with Crippen molar-refractivity contribution in [2.45, 2.75) is 57.7 Å². The molecule has 0 saturated carbocycles. The molecule has 0 unspecified atom stereocenters. The molecule has 1 fully saturated rings. The number of nitrogens with zero attached hydrogens (tertiary/aromatic N) is 1. The number of benzene rings is 2. The lowest BCUT2D eigenvalue weighted by Gasteiger charge is -2.31. The molecule has 2 aliphatic heterocycles. The first-order chi connectivity index (χ1) is 14.0. The Morgan fingerprint density at radius 2 is 1.79 bits per heavy atom. The van der Waals surface area contributed by atoms with Gasteiger partial charge in [0.05, 0.1) is 6.04 Å². The highest BCUT2D eigenvalue weighted by Gasteiger charge is 2.38.